The molecule has 0 fully saturated rings. The van der Waals surface area contributed by atoms with Crippen LogP contribution in [-0.2, 0) is 0 Å². The zero-order valence-electron chi connectivity index (χ0n) is 6.52. The lowest BCUT2D eigenvalue weighted by Gasteiger charge is -2.08. The highest BCUT2D eigenvalue weighted by Crippen LogP contribution is 1.90. The van der Waals surface area contributed by atoms with Crippen LogP contribution in [0.1, 0.15) is 13.8 Å². The Morgan fingerprint density at radius 1 is 1.67 bits per heavy atom. The van der Waals surface area contributed by atoms with E-state index >= 15 is 0 Å². The lowest BCUT2D eigenvalue weighted by molar-refractivity contribution is 0.484. The van der Waals surface area contributed by atoms with Gasteiger partial charge in [0.25, 0.3) is 0 Å². The summed E-state index contributed by atoms with van der Waals surface area (Å²) < 4.78 is 0. The second-order valence-corrected chi connectivity index (χ2v) is 2.24. The Morgan fingerprint density at radius 2 is 2.22 bits per heavy atom. The van der Waals surface area contributed by atoms with Crippen LogP contribution >= 0.6 is 0 Å². The molecule has 0 aliphatic rings. The van der Waals surface area contributed by atoms with E-state index in [4.69, 9.17) is 0 Å². The highest BCUT2D eigenvalue weighted by Gasteiger charge is 1.80. The van der Waals surface area contributed by atoms with Crippen LogP contribution < -0.4 is 0 Å². The van der Waals surface area contributed by atoms with Crippen molar-refractivity contribution in [2.24, 2.45) is 0 Å². The molecule has 0 aromatic carbocycles. The summed E-state index contributed by atoms with van der Waals surface area (Å²) in [4.78, 5) is 2.11. The third-order valence-electron chi connectivity index (χ3n) is 1.11. The fourth-order valence-corrected chi connectivity index (χ4v) is 0.360. The van der Waals surface area contributed by atoms with Crippen LogP contribution in [0.4, 0.5) is 0 Å². The summed E-state index contributed by atoms with van der Waals surface area (Å²) in [7, 11) is 2.04. The van der Waals surface area contributed by atoms with Crippen molar-refractivity contribution in [3.05, 3.63) is 24.4 Å². The predicted molar refractivity (Wildman–Crippen MR) is 42.3 cm³/mol. The SMILES string of the molecule is C=C(C)/C=C\N(C)CC. The minimum Gasteiger partial charge on any atom is -0.381 e. The minimum atomic E-state index is 1.05. The van der Waals surface area contributed by atoms with Gasteiger partial charge in [-0.25, -0.2) is 0 Å². The molecule has 0 saturated heterocycles. The Hall–Kier alpha value is -0.720. The summed E-state index contributed by atoms with van der Waals surface area (Å²) in [6.07, 6.45) is 4.03. The second-order valence-electron chi connectivity index (χ2n) is 2.24. The Balaban J connectivity index is 3.56. The Kier molecular flexibility index (Phi) is 3.85. The van der Waals surface area contributed by atoms with Crippen LogP contribution in [0.5, 0.6) is 0 Å². The molecule has 0 radical (unpaired) electrons. The molecule has 0 amide bonds. The zero-order valence-corrected chi connectivity index (χ0v) is 6.52. The van der Waals surface area contributed by atoms with E-state index < -0.39 is 0 Å². The van der Waals surface area contributed by atoms with Crippen LogP contribution in [0.3, 0.4) is 0 Å². The molecule has 0 atom stereocenters. The van der Waals surface area contributed by atoms with Gasteiger partial charge in [-0.2, -0.15) is 0 Å². The molecule has 0 saturated carbocycles. The molecular weight excluding hydrogens is 110 g/mol. The van der Waals surface area contributed by atoms with E-state index in [9.17, 15) is 0 Å². The highest BCUT2D eigenvalue weighted by molar-refractivity contribution is 5.09. The van der Waals surface area contributed by atoms with Crippen molar-refractivity contribution >= 4 is 0 Å². The molecule has 0 unspecified atom stereocenters. The molecule has 9 heavy (non-hydrogen) atoms. The van der Waals surface area contributed by atoms with Gasteiger partial charge in [0.05, 0.1) is 0 Å². The molecule has 0 aliphatic carbocycles. The first-order valence-corrected chi connectivity index (χ1v) is 3.20. The smallest absolute Gasteiger partial charge is 0.0140 e. The maximum absolute atomic E-state index is 3.75. The Morgan fingerprint density at radius 3 is 2.56 bits per heavy atom. The van der Waals surface area contributed by atoms with E-state index in [1.165, 1.54) is 0 Å². The van der Waals surface area contributed by atoms with Gasteiger partial charge in [0.2, 0.25) is 0 Å². The van der Waals surface area contributed by atoms with Gasteiger partial charge in [-0.15, -0.1) is 0 Å². The quantitative estimate of drug-likeness (QED) is 0.522. The maximum Gasteiger partial charge on any atom is 0.0140 e. The molecule has 1 nitrogen and oxygen atoms in total. The standard InChI is InChI=1S/C8H15N/c1-5-9(4)7-6-8(2)3/h6-7H,2,5H2,1,3-4H3/b7-6-. The number of allylic oxidation sites excluding steroid dienone is 2. The van der Waals surface area contributed by atoms with E-state index in [0.717, 1.165) is 12.1 Å². The van der Waals surface area contributed by atoms with Crippen LogP contribution in [0.15, 0.2) is 24.4 Å². The average molecular weight is 125 g/mol. The van der Waals surface area contributed by atoms with Crippen molar-refractivity contribution in [3.63, 3.8) is 0 Å². The lowest BCUT2D eigenvalue weighted by Crippen LogP contribution is -2.08. The van der Waals surface area contributed by atoms with E-state index in [2.05, 4.69) is 18.4 Å². The van der Waals surface area contributed by atoms with Crippen LogP contribution in [0, 0.1) is 0 Å². The van der Waals surface area contributed by atoms with Crippen molar-refractivity contribution in [3.8, 4) is 0 Å². The van der Waals surface area contributed by atoms with Crippen LogP contribution in [-0.4, -0.2) is 18.5 Å². The van der Waals surface area contributed by atoms with Gasteiger partial charge in [0.1, 0.15) is 0 Å². The van der Waals surface area contributed by atoms with E-state index in [1.807, 2.05) is 26.2 Å². The number of rotatable bonds is 3. The summed E-state index contributed by atoms with van der Waals surface area (Å²) in [5.74, 6) is 0. The summed E-state index contributed by atoms with van der Waals surface area (Å²) in [5.41, 5.74) is 1.09. The zero-order chi connectivity index (χ0) is 7.28. The van der Waals surface area contributed by atoms with E-state index in [-0.39, 0.29) is 0 Å². The van der Waals surface area contributed by atoms with Gasteiger partial charge < -0.3 is 4.90 Å². The van der Waals surface area contributed by atoms with Crippen LogP contribution in [0.2, 0.25) is 0 Å². The number of nitrogens with zero attached hydrogens (tertiary/aromatic N) is 1. The predicted octanol–water partition coefficient (Wildman–Crippen LogP) is 2.03. The number of hydrogen-bond acceptors (Lipinski definition) is 1. The normalized spacial score (nSPS) is 10.1. The fourth-order valence-electron chi connectivity index (χ4n) is 0.360. The number of hydrogen-bond donors (Lipinski definition) is 0. The molecule has 0 N–H and O–H groups in total. The summed E-state index contributed by atoms with van der Waals surface area (Å²) in [6, 6.07) is 0. The first-order valence-electron chi connectivity index (χ1n) is 3.20. The molecular formula is C8H15N. The Bertz CT molecular complexity index is 114. The molecule has 0 aromatic heterocycles. The first-order chi connectivity index (χ1) is 4.16. The van der Waals surface area contributed by atoms with Gasteiger partial charge in [-0.1, -0.05) is 12.2 Å². The molecule has 0 aromatic rings. The van der Waals surface area contributed by atoms with Gasteiger partial charge in [0, 0.05) is 13.6 Å². The van der Waals surface area contributed by atoms with Crippen molar-refractivity contribution in [1.82, 2.24) is 4.90 Å². The molecule has 0 rings (SSSR count). The van der Waals surface area contributed by atoms with Crippen molar-refractivity contribution < 1.29 is 0 Å². The first kappa shape index (κ1) is 8.28. The van der Waals surface area contributed by atoms with Gasteiger partial charge >= 0.3 is 0 Å². The molecule has 0 heterocycles. The van der Waals surface area contributed by atoms with E-state index in [0.29, 0.717) is 0 Å². The van der Waals surface area contributed by atoms with Gasteiger partial charge in [0.15, 0.2) is 0 Å². The summed E-state index contributed by atoms with van der Waals surface area (Å²) >= 11 is 0. The fraction of sp³-hybridized carbons (Fsp3) is 0.500. The van der Waals surface area contributed by atoms with Gasteiger partial charge in [-0.05, 0) is 26.1 Å². The third kappa shape index (κ3) is 5.15. The molecule has 0 spiro atoms. The highest BCUT2D eigenvalue weighted by atomic mass is 15.1. The maximum atomic E-state index is 3.75. The Labute approximate surface area is 57.7 Å². The van der Waals surface area contributed by atoms with Crippen LogP contribution in [0.25, 0.3) is 0 Å². The third-order valence-corrected chi connectivity index (χ3v) is 1.11. The van der Waals surface area contributed by atoms with Crippen molar-refractivity contribution in [2.75, 3.05) is 13.6 Å². The van der Waals surface area contributed by atoms with Crippen molar-refractivity contribution in [2.45, 2.75) is 13.8 Å². The largest absolute Gasteiger partial charge is 0.381 e. The second kappa shape index (κ2) is 4.19. The van der Waals surface area contributed by atoms with Crippen molar-refractivity contribution in [1.29, 1.82) is 0 Å². The van der Waals surface area contributed by atoms with E-state index in [1.54, 1.807) is 0 Å². The molecule has 0 bridgehead atoms. The molecule has 0 aliphatic heterocycles. The minimum absolute atomic E-state index is 1.05. The monoisotopic (exact) mass is 125 g/mol. The lowest BCUT2D eigenvalue weighted by atomic mass is 10.3. The molecule has 1 heteroatoms. The summed E-state index contributed by atoms with van der Waals surface area (Å²) in [6.45, 7) is 8.89. The molecule has 52 valence electrons. The van der Waals surface area contributed by atoms with Gasteiger partial charge in [-0.3, -0.25) is 0 Å². The topological polar surface area (TPSA) is 3.24 Å². The summed E-state index contributed by atoms with van der Waals surface area (Å²) in [5, 5.41) is 0. The average Bonchev–Trinajstić information content (AvgIpc) is 1.83.